The molecule has 22 heavy (non-hydrogen) atoms. The molecular formula is C14H19ClN2O5. The molecule has 1 rings (SSSR count). The van der Waals surface area contributed by atoms with Gasteiger partial charge in [-0.3, -0.25) is 0 Å². The summed E-state index contributed by atoms with van der Waals surface area (Å²) in [5.41, 5.74) is 5.27. The van der Waals surface area contributed by atoms with Crippen LogP contribution in [0.25, 0.3) is 0 Å². The standard InChI is InChI=1S/C14H19ClN2O5/c1-14(2,3)22-13(20)17-10(12(18)19)7-21-11-6-8(15)4-5-9(11)16/h4-6,10H,7,16H2,1-3H3,(H,17,20)(H,18,19)/t10-/m0/s1. The lowest BCUT2D eigenvalue weighted by Crippen LogP contribution is -2.46. The van der Waals surface area contributed by atoms with Crippen LogP contribution in [0.5, 0.6) is 5.75 Å². The Bertz CT molecular complexity index is 557. The third kappa shape index (κ3) is 6.09. The predicted octanol–water partition coefficient (Wildman–Crippen LogP) is 2.28. The van der Waals surface area contributed by atoms with Crippen molar-refractivity contribution in [2.24, 2.45) is 0 Å². The molecule has 8 heteroatoms. The first-order valence-electron chi connectivity index (χ1n) is 6.48. The Balaban J connectivity index is 2.67. The molecule has 0 aliphatic carbocycles. The fourth-order valence-electron chi connectivity index (χ4n) is 1.43. The van der Waals surface area contributed by atoms with Crippen LogP contribution in [0.1, 0.15) is 20.8 Å². The van der Waals surface area contributed by atoms with Gasteiger partial charge < -0.3 is 25.6 Å². The maximum absolute atomic E-state index is 11.6. The summed E-state index contributed by atoms with van der Waals surface area (Å²) in [5.74, 6) is -1.02. The third-order valence-electron chi connectivity index (χ3n) is 2.37. The Morgan fingerprint density at radius 1 is 1.41 bits per heavy atom. The molecule has 0 heterocycles. The van der Waals surface area contributed by atoms with Gasteiger partial charge in [0.2, 0.25) is 0 Å². The van der Waals surface area contributed by atoms with E-state index in [0.717, 1.165) is 0 Å². The lowest BCUT2D eigenvalue weighted by atomic mass is 10.2. The van der Waals surface area contributed by atoms with Crippen molar-refractivity contribution in [3.8, 4) is 5.75 Å². The molecule has 0 radical (unpaired) electrons. The number of halogens is 1. The predicted molar refractivity (Wildman–Crippen MR) is 82.2 cm³/mol. The minimum Gasteiger partial charge on any atom is -0.489 e. The van der Waals surface area contributed by atoms with Crippen LogP contribution >= 0.6 is 11.6 Å². The zero-order valence-corrected chi connectivity index (χ0v) is 13.3. The maximum Gasteiger partial charge on any atom is 0.408 e. The molecule has 7 nitrogen and oxygen atoms in total. The van der Waals surface area contributed by atoms with E-state index in [1.165, 1.54) is 12.1 Å². The van der Waals surface area contributed by atoms with Gasteiger partial charge in [-0.1, -0.05) is 11.6 Å². The Kier molecular flexibility index (Phi) is 5.87. The van der Waals surface area contributed by atoms with Crippen molar-refractivity contribution in [3.05, 3.63) is 23.2 Å². The number of amides is 1. The molecule has 0 saturated heterocycles. The molecule has 0 unspecified atom stereocenters. The number of aliphatic carboxylic acids is 1. The van der Waals surface area contributed by atoms with Gasteiger partial charge in [0.05, 0.1) is 5.69 Å². The highest BCUT2D eigenvalue weighted by molar-refractivity contribution is 6.30. The first kappa shape index (κ1) is 17.9. The number of anilines is 1. The quantitative estimate of drug-likeness (QED) is 0.714. The molecule has 1 aromatic carbocycles. The van der Waals surface area contributed by atoms with Gasteiger partial charge in [-0.2, -0.15) is 0 Å². The van der Waals surface area contributed by atoms with Gasteiger partial charge in [-0.15, -0.1) is 0 Å². The van der Waals surface area contributed by atoms with Gasteiger partial charge in [0.15, 0.2) is 6.04 Å². The van der Waals surface area contributed by atoms with Crippen molar-refractivity contribution in [1.29, 1.82) is 0 Å². The molecule has 0 aliphatic heterocycles. The number of carbonyl (C=O) groups excluding carboxylic acids is 1. The van der Waals surface area contributed by atoms with Crippen LogP contribution in [0.2, 0.25) is 5.02 Å². The topological polar surface area (TPSA) is 111 Å². The van der Waals surface area contributed by atoms with Crippen LogP contribution in [0.3, 0.4) is 0 Å². The zero-order chi connectivity index (χ0) is 16.9. The third-order valence-corrected chi connectivity index (χ3v) is 2.61. The molecule has 1 amide bonds. The number of rotatable bonds is 5. The van der Waals surface area contributed by atoms with Gasteiger partial charge in [0, 0.05) is 11.1 Å². The largest absolute Gasteiger partial charge is 0.489 e. The summed E-state index contributed by atoms with van der Waals surface area (Å²) in [4.78, 5) is 22.8. The molecule has 0 aromatic heterocycles. The molecular weight excluding hydrogens is 312 g/mol. The number of alkyl carbamates (subject to hydrolysis) is 1. The van der Waals surface area contributed by atoms with E-state index in [0.29, 0.717) is 10.7 Å². The molecule has 1 atom stereocenters. The molecule has 0 aliphatic rings. The number of carboxylic acid groups (broad SMARTS) is 1. The van der Waals surface area contributed by atoms with Gasteiger partial charge in [0.1, 0.15) is 18.0 Å². The van der Waals surface area contributed by atoms with Crippen molar-refractivity contribution in [2.45, 2.75) is 32.4 Å². The molecule has 0 saturated carbocycles. The van der Waals surface area contributed by atoms with Crippen LogP contribution in [0.15, 0.2) is 18.2 Å². The maximum atomic E-state index is 11.6. The Hall–Kier alpha value is -2.15. The number of hydrogen-bond donors (Lipinski definition) is 3. The number of nitrogens with two attached hydrogens (primary N) is 1. The number of benzene rings is 1. The second kappa shape index (κ2) is 7.22. The monoisotopic (exact) mass is 330 g/mol. The molecule has 0 fully saturated rings. The van der Waals surface area contributed by atoms with E-state index in [1.807, 2.05) is 0 Å². The molecule has 0 bridgehead atoms. The lowest BCUT2D eigenvalue weighted by molar-refractivity contribution is -0.140. The lowest BCUT2D eigenvalue weighted by Gasteiger charge is -2.22. The highest BCUT2D eigenvalue weighted by Crippen LogP contribution is 2.25. The summed E-state index contributed by atoms with van der Waals surface area (Å²) in [7, 11) is 0. The minimum absolute atomic E-state index is 0.240. The van der Waals surface area contributed by atoms with E-state index in [1.54, 1.807) is 26.8 Å². The first-order valence-corrected chi connectivity index (χ1v) is 6.86. The second-order valence-electron chi connectivity index (χ2n) is 5.53. The first-order chi connectivity index (χ1) is 10.1. The number of hydrogen-bond acceptors (Lipinski definition) is 5. The summed E-state index contributed by atoms with van der Waals surface area (Å²) in [5, 5.41) is 11.7. The number of carbonyl (C=O) groups is 2. The Morgan fingerprint density at radius 3 is 2.59 bits per heavy atom. The summed E-state index contributed by atoms with van der Waals surface area (Å²) < 4.78 is 10.3. The normalized spacial score (nSPS) is 12.4. The Labute approximate surface area is 133 Å². The van der Waals surface area contributed by atoms with Crippen LogP contribution in [-0.2, 0) is 9.53 Å². The average molecular weight is 331 g/mol. The molecule has 0 spiro atoms. The number of nitrogens with one attached hydrogen (secondary N) is 1. The zero-order valence-electron chi connectivity index (χ0n) is 12.6. The van der Waals surface area contributed by atoms with Crippen molar-refractivity contribution in [1.82, 2.24) is 5.32 Å². The fourth-order valence-corrected chi connectivity index (χ4v) is 1.59. The second-order valence-corrected chi connectivity index (χ2v) is 5.97. The van der Waals surface area contributed by atoms with Crippen LogP contribution in [0.4, 0.5) is 10.5 Å². The fraction of sp³-hybridized carbons (Fsp3) is 0.429. The van der Waals surface area contributed by atoms with E-state index < -0.39 is 23.7 Å². The number of carboxylic acids is 1. The minimum atomic E-state index is -1.28. The molecule has 122 valence electrons. The van der Waals surface area contributed by atoms with E-state index in [2.05, 4.69) is 5.32 Å². The van der Waals surface area contributed by atoms with Gasteiger partial charge >= 0.3 is 12.1 Å². The summed E-state index contributed by atoms with van der Waals surface area (Å²) >= 11 is 5.81. The number of nitrogen functional groups attached to an aromatic ring is 1. The smallest absolute Gasteiger partial charge is 0.408 e. The van der Waals surface area contributed by atoms with Crippen LogP contribution in [0, 0.1) is 0 Å². The molecule has 4 N–H and O–H groups in total. The summed E-state index contributed by atoms with van der Waals surface area (Å²) in [6.45, 7) is 4.70. The van der Waals surface area contributed by atoms with E-state index in [4.69, 9.17) is 31.9 Å². The van der Waals surface area contributed by atoms with Gasteiger partial charge in [-0.25, -0.2) is 9.59 Å². The van der Waals surface area contributed by atoms with Crippen molar-refractivity contribution in [3.63, 3.8) is 0 Å². The average Bonchev–Trinajstić information content (AvgIpc) is 2.35. The van der Waals surface area contributed by atoms with Crippen LogP contribution in [-0.4, -0.2) is 35.4 Å². The molecule has 1 aromatic rings. The van der Waals surface area contributed by atoms with Crippen molar-refractivity contribution >= 4 is 29.4 Å². The van der Waals surface area contributed by atoms with E-state index in [9.17, 15) is 9.59 Å². The van der Waals surface area contributed by atoms with Crippen molar-refractivity contribution < 1.29 is 24.2 Å². The van der Waals surface area contributed by atoms with Crippen LogP contribution < -0.4 is 15.8 Å². The van der Waals surface area contributed by atoms with E-state index >= 15 is 0 Å². The van der Waals surface area contributed by atoms with Crippen molar-refractivity contribution in [2.75, 3.05) is 12.3 Å². The Morgan fingerprint density at radius 2 is 2.05 bits per heavy atom. The SMILES string of the molecule is CC(C)(C)OC(=O)N[C@@H](COc1cc(Cl)ccc1N)C(=O)O. The highest BCUT2D eigenvalue weighted by atomic mass is 35.5. The van der Waals surface area contributed by atoms with Gasteiger partial charge in [0.25, 0.3) is 0 Å². The summed E-state index contributed by atoms with van der Waals surface area (Å²) in [6, 6.07) is 3.29. The number of ether oxygens (including phenoxy) is 2. The summed E-state index contributed by atoms with van der Waals surface area (Å²) in [6.07, 6.45) is -0.845. The highest BCUT2D eigenvalue weighted by Gasteiger charge is 2.24. The van der Waals surface area contributed by atoms with E-state index in [-0.39, 0.29) is 12.4 Å². The van der Waals surface area contributed by atoms with Gasteiger partial charge in [-0.05, 0) is 32.9 Å².